The van der Waals surface area contributed by atoms with Crippen molar-refractivity contribution < 1.29 is 25.8 Å². The fraction of sp³-hybridized carbons (Fsp3) is 0.265. The molecule has 5 aromatic carbocycles. The van der Waals surface area contributed by atoms with Gasteiger partial charge in [-0.15, -0.1) is 34.9 Å². The average molecular weight is 921 g/mol. The molecular weight excluding hydrogens is 874 g/mol. The molecule has 8 rings (SSSR count). The van der Waals surface area contributed by atoms with E-state index in [0.29, 0.717) is 17.4 Å². The van der Waals surface area contributed by atoms with E-state index < -0.39 is 0 Å². The molecule has 2 aliphatic heterocycles. The van der Waals surface area contributed by atoms with Crippen LogP contribution in [0.1, 0.15) is 99.2 Å². The molecule has 0 unspecified atom stereocenters. The van der Waals surface area contributed by atoms with Crippen molar-refractivity contribution in [3.05, 3.63) is 179 Å². The van der Waals surface area contributed by atoms with E-state index in [9.17, 15) is 0 Å². The van der Waals surface area contributed by atoms with Crippen LogP contribution >= 0.6 is 11.8 Å². The van der Waals surface area contributed by atoms with E-state index in [1.54, 1.807) is 0 Å². The Bertz CT molecular complexity index is 2290. The van der Waals surface area contributed by atoms with E-state index in [0.717, 1.165) is 33.6 Å². The number of pyridine rings is 1. The Morgan fingerprint density at radius 3 is 2.11 bits per heavy atom. The molecule has 6 heteroatoms. The molecule has 1 aromatic heterocycles. The molecule has 3 heterocycles. The molecule has 4 nitrogen and oxygen atoms in total. The zero-order valence-corrected chi connectivity index (χ0v) is 35.6. The van der Waals surface area contributed by atoms with Crippen molar-refractivity contribution >= 4 is 34.0 Å². The van der Waals surface area contributed by atoms with E-state index in [2.05, 4.69) is 181 Å². The summed E-state index contributed by atoms with van der Waals surface area (Å²) in [5, 5.41) is 1.01. The van der Waals surface area contributed by atoms with E-state index in [-0.39, 0.29) is 43.9 Å². The van der Waals surface area contributed by atoms with Gasteiger partial charge >= 0.3 is 21.1 Å². The molecule has 0 saturated carbocycles. The molecule has 280 valence electrons. The van der Waals surface area contributed by atoms with Crippen molar-refractivity contribution in [3.8, 4) is 11.5 Å². The number of para-hydroxylation sites is 1. The third kappa shape index (κ3) is 7.71. The van der Waals surface area contributed by atoms with Gasteiger partial charge in [0.15, 0.2) is 0 Å². The maximum atomic E-state index is 6.74. The fourth-order valence-corrected chi connectivity index (χ4v) is 8.83. The number of aliphatic imine (C=N–C) groups is 1. The summed E-state index contributed by atoms with van der Waals surface area (Å²) in [7, 11) is 0. The van der Waals surface area contributed by atoms with Crippen LogP contribution < -0.4 is 9.64 Å². The van der Waals surface area contributed by atoms with Crippen molar-refractivity contribution in [1.82, 2.24) is 4.98 Å². The minimum atomic E-state index is -0.248. The Morgan fingerprint density at radius 2 is 1.44 bits per heavy atom. The van der Waals surface area contributed by atoms with Crippen LogP contribution in [0.5, 0.6) is 11.5 Å². The summed E-state index contributed by atoms with van der Waals surface area (Å²) in [6, 6.07) is 50.5. The monoisotopic (exact) mass is 920 g/mol. The number of anilines is 3. The largest absolute Gasteiger partial charge is 2.00 e. The molecule has 55 heavy (non-hydrogen) atoms. The van der Waals surface area contributed by atoms with Gasteiger partial charge in [-0.25, -0.2) is 4.98 Å². The second kappa shape index (κ2) is 15.6. The van der Waals surface area contributed by atoms with Crippen molar-refractivity contribution in [2.75, 3.05) is 10.7 Å². The van der Waals surface area contributed by atoms with Gasteiger partial charge in [-0.3, -0.25) is 0 Å². The summed E-state index contributed by atoms with van der Waals surface area (Å²) < 4.78 is 6.74. The molecule has 0 fully saturated rings. The van der Waals surface area contributed by atoms with Crippen LogP contribution in [0.15, 0.2) is 133 Å². The van der Waals surface area contributed by atoms with Crippen LogP contribution in [0.3, 0.4) is 0 Å². The predicted molar refractivity (Wildman–Crippen MR) is 226 cm³/mol. The third-order valence-corrected chi connectivity index (χ3v) is 11.9. The van der Waals surface area contributed by atoms with Gasteiger partial charge in [0.05, 0.1) is 6.04 Å². The number of hydrogen-bond acceptors (Lipinski definition) is 5. The van der Waals surface area contributed by atoms with Gasteiger partial charge in [0, 0.05) is 40.1 Å². The van der Waals surface area contributed by atoms with Crippen LogP contribution in [0.25, 0.3) is 0 Å². The Kier molecular flexibility index (Phi) is 11.0. The van der Waals surface area contributed by atoms with Crippen molar-refractivity contribution in [3.63, 3.8) is 0 Å². The van der Waals surface area contributed by atoms with Gasteiger partial charge in [0.2, 0.25) is 0 Å². The van der Waals surface area contributed by atoms with Gasteiger partial charge in [0.1, 0.15) is 5.82 Å². The van der Waals surface area contributed by atoms with Crippen LogP contribution in [-0.4, -0.2) is 21.8 Å². The summed E-state index contributed by atoms with van der Waals surface area (Å²) in [5.41, 5.74) is 10.2. The zero-order chi connectivity index (χ0) is 37.6. The number of thioether (sulfide) groups is 1. The average Bonchev–Trinajstić information content (AvgIpc) is 3.65. The molecular formula is C49H47N3OPtS. The number of nitrogens with zero attached hydrogens (tertiary/aromatic N) is 3. The minimum Gasteiger partial charge on any atom is -0.503 e. The smallest absolute Gasteiger partial charge is 0.503 e. The summed E-state index contributed by atoms with van der Waals surface area (Å²) in [5.74, 6) is 3.53. The molecule has 6 aromatic rings. The van der Waals surface area contributed by atoms with Gasteiger partial charge in [-0.1, -0.05) is 145 Å². The molecule has 1 atom stereocenters. The van der Waals surface area contributed by atoms with Gasteiger partial charge in [0.25, 0.3) is 0 Å². The van der Waals surface area contributed by atoms with Crippen molar-refractivity contribution in [2.24, 2.45) is 4.99 Å². The Labute approximate surface area is 345 Å². The maximum Gasteiger partial charge on any atom is 2.00 e. The first-order valence-corrected chi connectivity index (χ1v) is 19.9. The first-order chi connectivity index (χ1) is 26.0. The van der Waals surface area contributed by atoms with E-state index in [1.807, 2.05) is 24.0 Å². The maximum absolute atomic E-state index is 6.74. The van der Waals surface area contributed by atoms with Gasteiger partial charge in [-0.05, 0) is 57.2 Å². The third-order valence-electron chi connectivity index (χ3n) is 10.8. The SMILES string of the molecule is CC(C)c1cc(Oc2[c-]c3c(cc2)C(C)(C)c2ccccc2N3c2cc(C(C)(C)C)ccn2)[c-]c(C2=N[C@H](C(c3ccccc3)c3ccccc3)CS2)c1.[Pt+2]. The molecule has 0 amide bonds. The number of aromatic nitrogens is 1. The first kappa shape index (κ1) is 38.8. The Balaban J connectivity index is 0.00000465. The van der Waals surface area contributed by atoms with Crippen LogP contribution in [0, 0.1) is 12.1 Å². The molecule has 0 spiro atoms. The number of rotatable bonds is 8. The Hall–Kier alpha value is -4.44. The quantitative estimate of drug-likeness (QED) is 0.143. The van der Waals surface area contributed by atoms with Crippen LogP contribution in [0.2, 0.25) is 0 Å². The first-order valence-electron chi connectivity index (χ1n) is 19.0. The summed E-state index contributed by atoms with van der Waals surface area (Å²) in [4.78, 5) is 12.6. The summed E-state index contributed by atoms with van der Waals surface area (Å²) in [6.07, 6.45) is 1.92. The standard InChI is InChI=1S/C49H47N3OS.Pt/c1-32(2)35-26-36(47-51-42(31-54-47)46(33-16-10-8-11-17-33)34-18-12-9-13-19-34)28-39(27-35)53-38-22-23-41-44(30-38)52(43-21-15-14-20-40(43)49(41,6)7)45-29-37(24-25-50-45)48(3,4)5;/h8-27,29,32,42,46H,31H2,1-7H3;/q-2;+2/t42-;/m0./s1. The van der Waals surface area contributed by atoms with E-state index >= 15 is 0 Å². The zero-order valence-electron chi connectivity index (χ0n) is 32.5. The number of benzene rings is 5. The van der Waals surface area contributed by atoms with Gasteiger partial charge in [-0.2, -0.15) is 17.8 Å². The summed E-state index contributed by atoms with van der Waals surface area (Å²) >= 11 is 1.81. The molecule has 0 saturated heterocycles. The normalized spacial score (nSPS) is 16.0. The molecule has 0 aliphatic carbocycles. The number of ether oxygens (including phenoxy) is 1. The molecule has 2 aliphatic rings. The van der Waals surface area contributed by atoms with Crippen molar-refractivity contribution in [2.45, 2.75) is 77.2 Å². The minimum absolute atomic E-state index is 0. The predicted octanol–water partition coefficient (Wildman–Crippen LogP) is 12.7. The second-order valence-electron chi connectivity index (χ2n) is 16.3. The second-order valence-corrected chi connectivity index (χ2v) is 17.3. The fourth-order valence-electron chi connectivity index (χ4n) is 7.76. The number of hydrogen-bond donors (Lipinski definition) is 0. The van der Waals surface area contributed by atoms with Crippen LogP contribution in [0.4, 0.5) is 17.2 Å². The summed E-state index contributed by atoms with van der Waals surface area (Å²) in [6.45, 7) is 15.7. The topological polar surface area (TPSA) is 37.7 Å². The van der Waals surface area contributed by atoms with E-state index in [4.69, 9.17) is 14.7 Å². The molecule has 0 bridgehead atoms. The molecule has 0 N–H and O–H groups in total. The van der Waals surface area contributed by atoms with Crippen LogP contribution in [-0.2, 0) is 31.9 Å². The molecule has 0 radical (unpaired) electrons. The van der Waals surface area contributed by atoms with Crippen molar-refractivity contribution in [1.29, 1.82) is 0 Å². The Morgan fingerprint density at radius 1 is 0.764 bits per heavy atom. The van der Waals surface area contributed by atoms with E-state index in [1.165, 1.54) is 33.4 Å². The number of fused-ring (bicyclic) bond motifs is 2. The van der Waals surface area contributed by atoms with Gasteiger partial charge < -0.3 is 14.6 Å².